The second-order valence-corrected chi connectivity index (χ2v) is 9.34. The first-order valence-electron chi connectivity index (χ1n) is 11.4. The minimum absolute atomic E-state index is 0.169. The van der Waals surface area contributed by atoms with Crippen molar-refractivity contribution in [3.05, 3.63) is 65.7 Å². The second kappa shape index (κ2) is 7.62. The summed E-state index contributed by atoms with van der Waals surface area (Å²) in [5.41, 5.74) is 0.887. The fourth-order valence-electron chi connectivity index (χ4n) is 4.93. The molecule has 180 valence electrons. The molecule has 0 spiro atoms. The highest BCUT2D eigenvalue weighted by Crippen LogP contribution is 2.47. The van der Waals surface area contributed by atoms with Crippen molar-refractivity contribution in [3.8, 4) is 11.5 Å². The third-order valence-corrected chi connectivity index (χ3v) is 6.79. The van der Waals surface area contributed by atoms with Gasteiger partial charge in [0.15, 0.2) is 11.6 Å². The summed E-state index contributed by atoms with van der Waals surface area (Å²) in [5.74, 6) is 2.46. The zero-order valence-electron chi connectivity index (χ0n) is 19.1. The van der Waals surface area contributed by atoms with E-state index >= 15 is 0 Å². The van der Waals surface area contributed by atoms with Gasteiger partial charge in [-0.1, -0.05) is 25.1 Å². The molecular formula is C24H22F3N7O. The SMILES string of the molecule is CC(C)c1noc([C@]23CCC=C2CN(c2ccnc(-c4cnc5ccc(C(F)(F)F)cn45)n2)C3)n1. The van der Waals surface area contributed by atoms with Crippen LogP contribution in [-0.4, -0.2) is 42.6 Å². The van der Waals surface area contributed by atoms with Crippen LogP contribution in [-0.2, 0) is 11.6 Å². The predicted octanol–water partition coefficient (Wildman–Crippen LogP) is 4.79. The first kappa shape index (κ1) is 21.8. The average Bonchev–Trinajstić information content (AvgIpc) is 3.60. The molecule has 1 atom stereocenters. The molecule has 5 heterocycles. The molecule has 0 N–H and O–H groups in total. The first-order chi connectivity index (χ1) is 16.7. The molecule has 0 aromatic carbocycles. The van der Waals surface area contributed by atoms with Crippen molar-refractivity contribution in [3.63, 3.8) is 0 Å². The Bertz CT molecular complexity index is 1450. The summed E-state index contributed by atoms with van der Waals surface area (Å²) in [6.45, 7) is 5.33. The van der Waals surface area contributed by atoms with Crippen molar-refractivity contribution in [2.75, 3.05) is 18.0 Å². The zero-order chi connectivity index (χ0) is 24.4. The van der Waals surface area contributed by atoms with Gasteiger partial charge < -0.3 is 9.42 Å². The van der Waals surface area contributed by atoms with E-state index < -0.39 is 11.7 Å². The Hall–Kier alpha value is -3.76. The second-order valence-electron chi connectivity index (χ2n) is 9.34. The number of anilines is 1. The molecule has 1 aliphatic heterocycles. The number of halogens is 3. The number of hydrogen-bond donors (Lipinski definition) is 0. The summed E-state index contributed by atoms with van der Waals surface area (Å²) in [4.78, 5) is 20.1. The van der Waals surface area contributed by atoms with Gasteiger partial charge in [0.2, 0.25) is 5.89 Å². The molecule has 2 aliphatic rings. The molecule has 0 unspecified atom stereocenters. The van der Waals surface area contributed by atoms with E-state index in [-0.39, 0.29) is 11.3 Å². The van der Waals surface area contributed by atoms with E-state index in [4.69, 9.17) is 14.5 Å². The van der Waals surface area contributed by atoms with Crippen LogP contribution < -0.4 is 4.90 Å². The maximum Gasteiger partial charge on any atom is 0.417 e. The lowest BCUT2D eigenvalue weighted by Crippen LogP contribution is -2.31. The third kappa shape index (κ3) is 3.48. The van der Waals surface area contributed by atoms with Crippen LogP contribution in [0.3, 0.4) is 0 Å². The Balaban J connectivity index is 1.35. The lowest BCUT2D eigenvalue weighted by atomic mass is 9.83. The summed E-state index contributed by atoms with van der Waals surface area (Å²) < 4.78 is 46.9. The maximum atomic E-state index is 13.3. The first-order valence-corrected chi connectivity index (χ1v) is 11.4. The molecule has 4 aromatic heterocycles. The number of nitrogens with zero attached hydrogens (tertiary/aromatic N) is 7. The summed E-state index contributed by atoms with van der Waals surface area (Å²) in [6, 6.07) is 4.15. The minimum Gasteiger partial charge on any atom is -0.351 e. The Kier molecular flexibility index (Phi) is 4.74. The van der Waals surface area contributed by atoms with Gasteiger partial charge >= 0.3 is 6.18 Å². The van der Waals surface area contributed by atoms with E-state index in [1.54, 1.807) is 12.3 Å². The number of aromatic nitrogens is 6. The van der Waals surface area contributed by atoms with Gasteiger partial charge in [-0.25, -0.2) is 15.0 Å². The van der Waals surface area contributed by atoms with Crippen LogP contribution in [0.2, 0.25) is 0 Å². The van der Waals surface area contributed by atoms with Gasteiger partial charge in [-0.15, -0.1) is 0 Å². The van der Waals surface area contributed by atoms with E-state index in [1.807, 2.05) is 13.8 Å². The average molecular weight is 481 g/mol. The molecule has 0 radical (unpaired) electrons. The van der Waals surface area contributed by atoms with Crippen LogP contribution in [0.25, 0.3) is 17.2 Å². The largest absolute Gasteiger partial charge is 0.417 e. The molecule has 0 amide bonds. The molecule has 11 heteroatoms. The Morgan fingerprint density at radius 2 is 1.97 bits per heavy atom. The molecule has 1 saturated heterocycles. The number of rotatable bonds is 4. The maximum absolute atomic E-state index is 13.3. The van der Waals surface area contributed by atoms with Crippen LogP contribution >= 0.6 is 0 Å². The smallest absolute Gasteiger partial charge is 0.351 e. The van der Waals surface area contributed by atoms with Gasteiger partial charge in [0.25, 0.3) is 0 Å². The van der Waals surface area contributed by atoms with E-state index in [2.05, 4.69) is 26.1 Å². The lowest BCUT2D eigenvalue weighted by Gasteiger charge is -2.23. The molecule has 4 aromatic rings. The number of fused-ring (bicyclic) bond motifs is 2. The highest BCUT2D eigenvalue weighted by molar-refractivity contribution is 5.60. The highest BCUT2D eigenvalue weighted by atomic mass is 19.4. The van der Waals surface area contributed by atoms with Crippen molar-refractivity contribution >= 4 is 11.5 Å². The summed E-state index contributed by atoms with van der Waals surface area (Å²) in [6.07, 6.45) is 3.72. The molecule has 6 rings (SSSR count). The number of alkyl halides is 3. The minimum atomic E-state index is -4.46. The van der Waals surface area contributed by atoms with Gasteiger partial charge in [-0.05, 0) is 36.6 Å². The van der Waals surface area contributed by atoms with Crippen LogP contribution in [0.1, 0.15) is 49.9 Å². The molecular weight excluding hydrogens is 459 g/mol. The fraction of sp³-hybridized carbons (Fsp3) is 0.375. The number of pyridine rings is 1. The molecule has 1 fully saturated rings. The van der Waals surface area contributed by atoms with E-state index in [9.17, 15) is 13.2 Å². The van der Waals surface area contributed by atoms with E-state index in [0.29, 0.717) is 47.8 Å². The summed E-state index contributed by atoms with van der Waals surface area (Å²) in [7, 11) is 0. The normalized spacial score (nSPS) is 20.2. The van der Waals surface area contributed by atoms with Crippen molar-refractivity contribution in [2.24, 2.45) is 0 Å². The van der Waals surface area contributed by atoms with E-state index in [1.165, 1.54) is 22.2 Å². The van der Waals surface area contributed by atoms with Crippen molar-refractivity contribution in [1.82, 2.24) is 29.5 Å². The summed E-state index contributed by atoms with van der Waals surface area (Å²) >= 11 is 0. The van der Waals surface area contributed by atoms with E-state index in [0.717, 1.165) is 25.1 Å². The van der Waals surface area contributed by atoms with Gasteiger partial charge in [-0.3, -0.25) is 4.40 Å². The number of hydrogen-bond acceptors (Lipinski definition) is 7. The van der Waals surface area contributed by atoms with Crippen LogP contribution in [0.4, 0.5) is 19.0 Å². The number of allylic oxidation sites excluding steroid dienone is 1. The Morgan fingerprint density at radius 3 is 2.74 bits per heavy atom. The third-order valence-electron chi connectivity index (χ3n) is 6.79. The van der Waals surface area contributed by atoms with Crippen molar-refractivity contribution in [1.29, 1.82) is 0 Å². The lowest BCUT2D eigenvalue weighted by molar-refractivity contribution is -0.137. The molecule has 8 nitrogen and oxygen atoms in total. The quantitative estimate of drug-likeness (QED) is 0.387. The predicted molar refractivity (Wildman–Crippen MR) is 121 cm³/mol. The zero-order valence-corrected chi connectivity index (χ0v) is 19.1. The number of imidazole rings is 1. The molecule has 35 heavy (non-hydrogen) atoms. The molecule has 0 bridgehead atoms. The molecule has 0 saturated carbocycles. The van der Waals surface area contributed by atoms with Crippen LogP contribution in [0, 0.1) is 0 Å². The van der Waals surface area contributed by atoms with Gasteiger partial charge in [-0.2, -0.15) is 18.2 Å². The monoisotopic (exact) mass is 481 g/mol. The fourth-order valence-corrected chi connectivity index (χ4v) is 4.93. The van der Waals surface area contributed by atoms with Gasteiger partial charge in [0.1, 0.15) is 17.2 Å². The van der Waals surface area contributed by atoms with Crippen molar-refractivity contribution < 1.29 is 17.7 Å². The van der Waals surface area contributed by atoms with Crippen molar-refractivity contribution in [2.45, 2.75) is 44.2 Å². The highest BCUT2D eigenvalue weighted by Gasteiger charge is 2.50. The topological polar surface area (TPSA) is 85.2 Å². The van der Waals surface area contributed by atoms with Crippen LogP contribution in [0.15, 0.2) is 53.0 Å². The van der Waals surface area contributed by atoms with Crippen LogP contribution in [0.5, 0.6) is 0 Å². The summed E-state index contributed by atoms with van der Waals surface area (Å²) in [5, 5.41) is 4.17. The Morgan fingerprint density at radius 1 is 1.11 bits per heavy atom. The molecule has 1 aliphatic carbocycles. The standard InChI is InChI=1S/C24H22F3N7O/c1-14(2)20-31-22(35-32-20)23-8-3-4-15(23)11-33(13-23)19-7-9-28-21(30-19)17-10-29-18-6-5-16(12-34(17)18)24(25,26)27/h4-7,9-10,12,14H,3,8,11,13H2,1-2H3/t23-/m0/s1. The Labute approximate surface area is 198 Å². The van der Waals surface area contributed by atoms with Gasteiger partial charge in [0, 0.05) is 31.4 Å². The van der Waals surface area contributed by atoms with Gasteiger partial charge in [0.05, 0.1) is 17.2 Å².